The number of dihydropyridines is 1. The molecule has 0 amide bonds. The first-order valence-corrected chi connectivity index (χ1v) is 12.6. The number of hydrogen-bond donors (Lipinski definition) is 1. The predicted molar refractivity (Wildman–Crippen MR) is 140 cm³/mol. The summed E-state index contributed by atoms with van der Waals surface area (Å²) in [7, 11) is 2.81. The minimum atomic E-state index is -0.958. The van der Waals surface area contributed by atoms with Crippen molar-refractivity contribution in [3.8, 4) is 11.5 Å². The van der Waals surface area contributed by atoms with Gasteiger partial charge in [0, 0.05) is 22.9 Å². The van der Waals surface area contributed by atoms with Gasteiger partial charge >= 0.3 is 11.9 Å². The lowest BCUT2D eigenvalue weighted by atomic mass is 9.69. The van der Waals surface area contributed by atoms with Crippen LogP contribution in [0.15, 0.2) is 71.1 Å². The Morgan fingerprint density at radius 2 is 1.79 bits per heavy atom. The number of methoxy groups -OCH3 is 2. The first kappa shape index (κ1) is 27.0. The van der Waals surface area contributed by atoms with Crippen LogP contribution in [0, 0.1) is 11.8 Å². The fourth-order valence-corrected chi connectivity index (χ4v) is 5.21. The summed E-state index contributed by atoms with van der Waals surface area (Å²) >= 11 is 0. The van der Waals surface area contributed by atoms with Crippen LogP contribution in [0.2, 0.25) is 0 Å². The highest BCUT2D eigenvalue weighted by Crippen LogP contribution is 2.46. The molecule has 1 N–H and O–H groups in total. The number of ether oxygens (including phenoxy) is 4. The molecule has 0 aromatic heterocycles. The Hall–Kier alpha value is -4.07. The van der Waals surface area contributed by atoms with Gasteiger partial charge in [-0.3, -0.25) is 9.59 Å². The molecule has 0 saturated heterocycles. The zero-order chi connectivity index (χ0) is 27.4. The molecule has 200 valence electrons. The summed E-state index contributed by atoms with van der Waals surface area (Å²) < 4.78 is 22.0. The van der Waals surface area contributed by atoms with Crippen LogP contribution < -0.4 is 14.8 Å². The average molecular weight is 520 g/mol. The van der Waals surface area contributed by atoms with Crippen molar-refractivity contribution in [2.45, 2.75) is 39.7 Å². The zero-order valence-electron chi connectivity index (χ0n) is 22.3. The van der Waals surface area contributed by atoms with Crippen LogP contribution in [-0.4, -0.2) is 38.5 Å². The lowest BCUT2D eigenvalue weighted by molar-refractivity contribution is -0.151. The molecular formula is C30H33NO7. The Morgan fingerprint density at radius 3 is 2.45 bits per heavy atom. The summed E-state index contributed by atoms with van der Waals surface area (Å²) in [5.74, 6) is -2.46. The Bertz CT molecular complexity index is 1290. The van der Waals surface area contributed by atoms with Crippen LogP contribution in [0.3, 0.4) is 0 Å². The maximum atomic E-state index is 13.8. The average Bonchev–Trinajstić information content (AvgIpc) is 2.91. The summed E-state index contributed by atoms with van der Waals surface area (Å²) in [6.07, 6.45) is 0.459. The van der Waals surface area contributed by atoms with Crippen molar-refractivity contribution in [3.05, 3.63) is 82.2 Å². The zero-order valence-corrected chi connectivity index (χ0v) is 22.3. The fraction of sp³-hybridized carbons (Fsp3) is 0.367. The molecule has 8 nitrogen and oxygen atoms in total. The number of carbonyl (C=O) groups excluding carboxylic acids is 3. The molecule has 2 aliphatic rings. The Labute approximate surface area is 222 Å². The molecular weight excluding hydrogens is 486 g/mol. The number of nitrogens with one attached hydrogen (secondary N) is 1. The number of hydrogen-bond acceptors (Lipinski definition) is 8. The lowest BCUT2D eigenvalue weighted by Gasteiger charge is -2.38. The topological polar surface area (TPSA) is 100 Å². The van der Waals surface area contributed by atoms with E-state index in [1.807, 2.05) is 43.3 Å². The van der Waals surface area contributed by atoms with Crippen molar-refractivity contribution in [3.63, 3.8) is 0 Å². The van der Waals surface area contributed by atoms with E-state index < -0.39 is 23.8 Å². The van der Waals surface area contributed by atoms with Crippen LogP contribution in [0.4, 0.5) is 0 Å². The van der Waals surface area contributed by atoms with Crippen LogP contribution in [0.25, 0.3) is 0 Å². The molecule has 0 unspecified atom stereocenters. The van der Waals surface area contributed by atoms with Crippen LogP contribution in [0.1, 0.15) is 44.2 Å². The molecule has 1 aliphatic carbocycles. The van der Waals surface area contributed by atoms with Gasteiger partial charge in [0.25, 0.3) is 0 Å². The van der Waals surface area contributed by atoms with E-state index in [1.54, 1.807) is 26.0 Å². The summed E-state index contributed by atoms with van der Waals surface area (Å²) in [4.78, 5) is 39.6. The van der Waals surface area contributed by atoms with Gasteiger partial charge in [-0.05, 0) is 49.4 Å². The first-order valence-electron chi connectivity index (χ1n) is 12.6. The van der Waals surface area contributed by atoms with Gasteiger partial charge in [-0.25, -0.2) is 4.79 Å². The molecule has 0 spiro atoms. The third-order valence-electron chi connectivity index (χ3n) is 7.00. The fourth-order valence-electron chi connectivity index (χ4n) is 5.21. The van der Waals surface area contributed by atoms with Gasteiger partial charge in [0.15, 0.2) is 17.3 Å². The van der Waals surface area contributed by atoms with E-state index in [2.05, 4.69) is 5.32 Å². The van der Waals surface area contributed by atoms with E-state index in [4.69, 9.17) is 18.9 Å². The SMILES string of the molecule is CCOC(=O)C1=C(C)NC2=C(C(=O)[C@@H](C(=O)OC)[C@@H](C)C2)[C@H]1c1ccc(OCc2ccccc2)c(OC)c1. The molecule has 3 atom stereocenters. The highest BCUT2D eigenvalue weighted by atomic mass is 16.5. The van der Waals surface area contributed by atoms with E-state index in [0.717, 1.165) is 5.56 Å². The van der Waals surface area contributed by atoms with Gasteiger partial charge in [0.2, 0.25) is 0 Å². The van der Waals surface area contributed by atoms with E-state index in [0.29, 0.717) is 52.6 Å². The maximum absolute atomic E-state index is 13.8. The van der Waals surface area contributed by atoms with Gasteiger partial charge in [-0.2, -0.15) is 0 Å². The van der Waals surface area contributed by atoms with Gasteiger partial charge in [0.05, 0.1) is 26.4 Å². The molecule has 0 radical (unpaired) electrons. The second kappa shape index (κ2) is 11.5. The highest BCUT2D eigenvalue weighted by Gasteiger charge is 2.47. The second-order valence-corrected chi connectivity index (χ2v) is 9.44. The first-order chi connectivity index (χ1) is 18.3. The van der Waals surface area contributed by atoms with E-state index in [9.17, 15) is 14.4 Å². The van der Waals surface area contributed by atoms with E-state index in [-0.39, 0.29) is 18.3 Å². The third kappa shape index (κ3) is 5.16. The summed E-state index contributed by atoms with van der Waals surface area (Å²) in [5, 5.41) is 3.25. The highest BCUT2D eigenvalue weighted by molar-refractivity contribution is 6.12. The predicted octanol–water partition coefficient (Wildman–Crippen LogP) is 4.45. The molecule has 1 heterocycles. The summed E-state index contributed by atoms with van der Waals surface area (Å²) in [5.41, 5.74) is 3.64. The number of carbonyl (C=O) groups is 3. The normalized spacial score (nSPS) is 20.9. The van der Waals surface area contributed by atoms with Crippen molar-refractivity contribution in [2.24, 2.45) is 11.8 Å². The van der Waals surface area contributed by atoms with Crippen molar-refractivity contribution in [2.75, 3.05) is 20.8 Å². The minimum Gasteiger partial charge on any atom is -0.493 e. The third-order valence-corrected chi connectivity index (χ3v) is 7.00. The molecule has 2 aromatic rings. The Balaban J connectivity index is 1.79. The molecule has 2 aromatic carbocycles. The molecule has 8 heteroatoms. The maximum Gasteiger partial charge on any atom is 0.336 e. The summed E-state index contributed by atoms with van der Waals surface area (Å²) in [6.45, 7) is 5.90. The van der Waals surface area contributed by atoms with Crippen molar-refractivity contribution in [1.82, 2.24) is 5.32 Å². The molecule has 0 bridgehead atoms. The molecule has 0 saturated carbocycles. The lowest BCUT2D eigenvalue weighted by Crippen LogP contribution is -2.43. The van der Waals surface area contributed by atoms with Crippen LogP contribution >= 0.6 is 0 Å². The van der Waals surface area contributed by atoms with Crippen molar-refractivity contribution >= 4 is 17.7 Å². The standard InChI is InChI=1S/C30H33NO7/c1-6-37-30(34)25-18(3)31-21-14-17(2)24(29(33)36-5)28(32)27(21)26(25)20-12-13-22(23(15-20)35-4)38-16-19-10-8-7-9-11-19/h7-13,15,17,24,26,31H,6,14,16H2,1-5H3/t17-,24-,26-/m0/s1. The van der Waals surface area contributed by atoms with Gasteiger partial charge < -0.3 is 24.3 Å². The molecule has 0 fully saturated rings. The largest absolute Gasteiger partial charge is 0.493 e. The van der Waals surface area contributed by atoms with Crippen molar-refractivity contribution < 1.29 is 33.3 Å². The number of benzene rings is 2. The van der Waals surface area contributed by atoms with Crippen LogP contribution in [0.5, 0.6) is 11.5 Å². The second-order valence-electron chi connectivity index (χ2n) is 9.44. The van der Waals surface area contributed by atoms with Gasteiger partial charge in [-0.1, -0.05) is 43.3 Å². The van der Waals surface area contributed by atoms with E-state index in [1.165, 1.54) is 14.2 Å². The minimum absolute atomic E-state index is 0.180. The number of Topliss-reactive ketones (excluding diaryl/α,β-unsaturated/α-hetero) is 1. The number of rotatable bonds is 8. The van der Waals surface area contributed by atoms with Gasteiger partial charge in [0.1, 0.15) is 12.5 Å². The Kier molecular flexibility index (Phi) is 8.20. The van der Waals surface area contributed by atoms with Gasteiger partial charge in [-0.15, -0.1) is 0 Å². The molecule has 1 aliphatic heterocycles. The molecule has 38 heavy (non-hydrogen) atoms. The van der Waals surface area contributed by atoms with Crippen LogP contribution in [-0.2, 0) is 30.5 Å². The van der Waals surface area contributed by atoms with Crippen molar-refractivity contribution in [1.29, 1.82) is 0 Å². The number of esters is 2. The smallest absolute Gasteiger partial charge is 0.336 e. The quantitative estimate of drug-likeness (QED) is 0.403. The Morgan fingerprint density at radius 1 is 1.05 bits per heavy atom. The van der Waals surface area contributed by atoms with E-state index >= 15 is 0 Å². The monoisotopic (exact) mass is 519 g/mol. The number of ketones is 1. The summed E-state index contributed by atoms with van der Waals surface area (Å²) in [6, 6.07) is 15.1. The molecule has 4 rings (SSSR count). The number of allylic oxidation sites excluding steroid dienone is 3.